The van der Waals surface area contributed by atoms with E-state index in [4.69, 9.17) is 6.15 Å². The van der Waals surface area contributed by atoms with Crippen molar-refractivity contribution in [3.8, 4) is 0 Å². The summed E-state index contributed by atoms with van der Waals surface area (Å²) < 4.78 is 12.6. The molecule has 20 heavy (non-hydrogen) atoms. The second kappa shape index (κ2) is 7.08. The third-order valence-corrected chi connectivity index (χ3v) is 2.56. The van der Waals surface area contributed by atoms with Gasteiger partial charge in [0.05, 0.1) is 12.0 Å². The second-order valence-electron chi connectivity index (χ2n) is 4.07. The number of carbonyl (C=O) groups is 1. The monoisotopic (exact) mass is 273 g/mol. The van der Waals surface area contributed by atoms with Gasteiger partial charge in [0.15, 0.2) is 1.41 Å². The topological polar surface area (TPSA) is 84.1 Å². The van der Waals surface area contributed by atoms with Crippen LogP contribution in [0, 0.1) is 0 Å². The Morgan fingerprint density at radius 3 is 2.95 bits per heavy atom. The predicted octanol–water partition coefficient (Wildman–Crippen LogP) is 1.36. The molecule has 0 bridgehead atoms. The number of H-pyrrole nitrogens is 1. The van der Waals surface area contributed by atoms with Crippen LogP contribution in [0.4, 0.5) is 4.79 Å². The van der Waals surface area contributed by atoms with Crippen LogP contribution in [0.3, 0.4) is 0 Å². The Kier molecular flexibility index (Phi) is 4.39. The number of aromatic nitrogens is 2. The lowest BCUT2D eigenvalue weighted by molar-refractivity contribution is 0.138. The van der Waals surface area contributed by atoms with Gasteiger partial charge in [-0.3, -0.25) is 4.79 Å². The van der Waals surface area contributed by atoms with Crippen molar-refractivity contribution in [1.29, 1.82) is 0 Å². The molecule has 0 aliphatic rings. The van der Waals surface area contributed by atoms with Gasteiger partial charge in [0.1, 0.15) is 12.6 Å². The fourth-order valence-electron chi connectivity index (χ4n) is 1.60. The van der Waals surface area contributed by atoms with E-state index in [1.54, 1.807) is 24.6 Å². The molecule has 0 saturated carbocycles. The number of hydrogen-bond acceptors (Lipinski definition) is 4. The molecule has 0 aliphatic heterocycles. The van der Waals surface area contributed by atoms with Gasteiger partial charge in [0.25, 0.3) is 0 Å². The van der Waals surface area contributed by atoms with Gasteiger partial charge in [-0.05, 0) is 5.56 Å². The number of nitrogens with one attached hydrogen (secondary N) is 2. The van der Waals surface area contributed by atoms with Crippen LogP contribution < -0.4 is 5.31 Å². The number of benzene rings is 1. The van der Waals surface area contributed by atoms with Gasteiger partial charge in [-0.2, -0.15) is 0 Å². The van der Waals surface area contributed by atoms with Crippen molar-refractivity contribution in [2.45, 2.75) is 19.1 Å². The van der Waals surface area contributed by atoms with Crippen LogP contribution in [0.25, 0.3) is 0 Å². The first-order valence-corrected chi connectivity index (χ1v) is 6.05. The number of alkyl carbamates (subject to hydrolysis) is 1. The molecular weight excluding hydrogens is 258 g/mol. The van der Waals surface area contributed by atoms with E-state index in [1.807, 2.05) is 18.2 Å². The van der Waals surface area contributed by atoms with Crippen molar-refractivity contribution >= 4 is 12.4 Å². The summed E-state index contributed by atoms with van der Waals surface area (Å²) in [5, 5.41) is 0.477. The highest BCUT2D eigenvalue weighted by Crippen LogP contribution is 2.01. The van der Waals surface area contributed by atoms with Crippen LogP contribution in [-0.2, 0) is 22.6 Å². The van der Waals surface area contributed by atoms with E-state index in [1.165, 1.54) is 6.33 Å². The van der Waals surface area contributed by atoms with Gasteiger partial charge in [-0.1, -0.05) is 30.3 Å². The van der Waals surface area contributed by atoms with Crippen molar-refractivity contribution in [2.24, 2.45) is 0 Å². The Hall–Kier alpha value is -2.63. The molecular formula is C14H14N3O3. The first kappa shape index (κ1) is 12.4. The fraction of sp³-hybridized carbons (Fsp3) is 0.214. The summed E-state index contributed by atoms with van der Waals surface area (Å²) in [7, 11) is 0. The largest absolute Gasteiger partial charge is 0.445 e. The number of aromatic amines is 1. The minimum atomic E-state index is -1.06. The highest BCUT2D eigenvalue weighted by molar-refractivity contribution is 5.73. The number of imidazole rings is 1. The van der Waals surface area contributed by atoms with Crippen LogP contribution in [-0.4, -0.2) is 28.4 Å². The van der Waals surface area contributed by atoms with E-state index < -0.39 is 12.1 Å². The molecule has 1 atom stereocenters. The number of rotatable bonds is 6. The van der Waals surface area contributed by atoms with E-state index in [-0.39, 0.29) is 13.0 Å². The minimum absolute atomic E-state index is 0.0447. The summed E-state index contributed by atoms with van der Waals surface area (Å²) in [5.41, 5.74) is 1.37. The Morgan fingerprint density at radius 1 is 1.50 bits per heavy atom. The summed E-state index contributed by atoms with van der Waals surface area (Å²) in [6, 6.07) is 8.03. The molecule has 2 aromatic rings. The molecule has 103 valence electrons. The van der Waals surface area contributed by atoms with Crippen molar-refractivity contribution in [2.75, 3.05) is 0 Å². The second-order valence-corrected chi connectivity index (χ2v) is 4.07. The molecule has 0 saturated heterocycles. The molecule has 6 heteroatoms. The molecule has 6 nitrogen and oxygen atoms in total. The lowest BCUT2D eigenvalue weighted by Crippen LogP contribution is -2.37. The third-order valence-electron chi connectivity index (χ3n) is 2.56. The minimum Gasteiger partial charge on any atom is -0.445 e. The Morgan fingerprint density at radius 2 is 2.30 bits per heavy atom. The zero-order chi connectivity index (χ0) is 15.1. The van der Waals surface area contributed by atoms with E-state index in [0.717, 1.165) is 5.56 Å². The molecule has 1 radical (unpaired) electrons. The molecule has 1 amide bonds. The highest BCUT2D eigenvalue weighted by atomic mass is 16.5. The molecule has 0 fully saturated rings. The van der Waals surface area contributed by atoms with Gasteiger partial charge in [-0.25, -0.2) is 9.78 Å². The maximum absolute atomic E-state index is 11.8. The van der Waals surface area contributed by atoms with E-state index >= 15 is 0 Å². The zero-order valence-corrected chi connectivity index (χ0v) is 10.7. The Labute approximate surface area is 117 Å². The van der Waals surface area contributed by atoms with E-state index in [2.05, 4.69) is 9.97 Å². The lowest BCUT2D eigenvalue weighted by Gasteiger charge is -2.11. The molecule has 2 N–H and O–H groups in total. The number of carbonyl (C=O) groups excluding carboxylic acids is 2. The fourth-order valence-corrected chi connectivity index (χ4v) is 1.60. The van der Waals surface area contributed by atoms with Crippen LogP contribution in [0.15, 0.2) is 42.9 Å². The van der Waals surface area contributed by atoms with Gasteiger partial charge >= 0.3 is 6.09 Å². The smallest absolute Gasteiger partial charge is 0.408 e. The molecule has 1 aromatic carbocycles. The summed E-state index contributed by atoms with van der Waals surface area (Å²) >= 11 is 0. The third kappa shape index (κ3) is 4.24. The van der Waals surface area contributed by atoms with Crippen LogP contribution in [0.5, 0.6) is 0 Å². The lowest BCUT2D eigenvalue weighted by atomic mass is 10.2. The first-order valence-electron chi connectivity index (χ1n) is 6.49. The van der Waals surface area contributed by atoms with Crippen LogP contribution in [0.2, 0.25) is 1.41 Å². The summed E-state index contributed by atoms with van der Waals surface area (Å²) in [6.45, 7) is 0.0447. The first-order chi connectivity index (χ1) is 10.2. The Bertz CT molecular complexity index is 574. The summed E-state index contributed by atoms with van der Waals surface area (Å²) in [6.07, 6.45) is 3.91. The van der Waals surface area contributed by atoms with E-state index in [9.17, 15) is 9.59 Å². The number of amides is 1. The quantitative estimate of drug-likeness (QED) is 0.832. The maximum atomic E-state index is 11.8. The summed E-state index contributed by atoms with van der Waals surface area (Å²) in [4.78, 5) is 29.4. The van der Waals surface area contributed by atoms with Crippen molar-refractivity contribution < 1.29 is 15.7 Å². The Balaban J connectivity index is 1.89. The molecule has 1 heterocycles. The van der Waals surface area contributed by atoms with Gasteiger partial charge in [0.2, 0.25) is 6.29 Å². The van der Waals surface area contributed by atoms with Crippen LogP contribution >= 0.6 is 0 Å². The maximum Gasteiger partial charge on any atom is 0.408 e. The number of nitrogens with zero attached hydrogens (tertiary/aromatic N) is 1. The molecule has 0 spiro atoms. The van der Waals surface area contributed by atoms with Gasteiger partial charge < -0.3 is 15.0 Å². The normalized spacial score (nSPS) is 12.3. The average molecular weight is 273 g/mol. The number of ether oxygens (including phenoxy) is 1. The average Bonchev–Trinajstić information content (AvgIpc) is 3.03. The van der Waals surface area contributed by atoms with Gasteiger partial charge in [-0.15, -0.1) is 0 Å². The van der Waals surface area contributed by atoms with Crippen LogP contribution in [0.1, 0.15) is 11.3 Å². The molecule has 0 aliphatic carbocycles. The van der Waals surface area contributed by atoms with E-state index in [0.29, 0.717) is 11.0 Å². The summed E-state index contributed by atoms with van der Waals surface area (Å²) in [5.74, 6) is 0. The van der Waals surface area contributed by atoms with Crippen molar-refractivity contribution in [3.05, 3.63) is 54.1 Å². The number of hydrogen-bond donors (Lipinski definition) is 2. The van der Waals surface area contributed by atoms with Crippen molar-refractivity contribution in [1.82, 2.24) is 15.3 Å². The van der Waals surface area contributed by atoms with Gasteiger partial charge in [0, 0.05) is 12.6 Å². The molecule has 0 unspecified atom stereocenters. The predicted molar refractivity (Wildman–Crippen MR) is 71.5 cm³/mol. The SMILES string of the molecule is [2H]N(C(=O)OCc1ccccc1)[C@H]([C]=O)Cc1c[nH]cn1. The highest BCUT2D eigenvalue weighted by Gasteiger charge is 2.14. The molecule has 2 rings (SSSR count). The standard InChI is InChI=1S/C14H14N3O3/c18-8-13(6-12-7-15-10-16-12)17-14(19)20-9-11-4-2-1-3-5-11/h1-5,7,10,13H,6,9H2,(H,15,16)(H,17,19)/t13-/m0/s1/i/hD. The molecule has 1 aromatic heterocycles. The van der Waals surface area contributed by atoms with Crippen molar-refractivity contribution in [3.63, 3.8) is 0 Å². The zero-order valence-electron chi connectivity index (χ0n) is 11.7.